The Labute approximate surface area is 154 Å². The second-order valence-corrected chi connectivity index (χ2v) is 7.44. The van der Waals surface area contributed by atoms with Crippen molar-refractivity contribution in [1.82, 2.24) is 20.1 Å². The first-order valence-corrected chi connectivity index (χ1v) is 9.21. The number of carbonyl (C=O) groups excluding carboxylic acids is 1. The lowest BCUT2D eigenvalue weighted by Gasteiger charge is -2.28. The Hall–Kier alpha value is -2.02. The zero-order valence-corrected chi connectivity index (χ0v) is 14.8. The van der Waals surface area contributed by atoms with Crippen molar-refractivity contribution in [2.75, 3.05) is 0 Å². The Bertz CT molecular complexity index is 824. The van der Waals surface area contributed by atoms with Crippen LogP contribution in [0.1, 0.15) is 60.9 Å². The number of benzene rings is 1. The van der Waals surface area contributed by atoms with Crippen LogP contribution in [0.15, 0.2) is 24.3 Å². The maximum atomic E-state index is 13.3. The summed E-state index contributed by atoms with van der Waals surface area (Å²) in [5, 5.41) is 7.68. The highest BCUT2D eigenvalue weighted by Crippen LogP contribution is 2.40. The fraction of sp³-hybridized carbons (Fsp3) is 0.500. The minimum atomic E-state index is -2.62. The maximum absolute atomic E-state index is 13.3. The highest BCUT2D eigenvalue weighted by atomic mass is 35.5. The van der Waals surface area contributed by atoms with Crippen molar-refractivity contribution in [2.24, 2.45) is 0 Å². The van der Waals surface area contributed by atoms with Crippen LogP contribution in [0.4, 0.5) is 8.78 Å². The number of nitrogens with one attached hydrogen (secondary N) is 1. The Morgan fingerprint density at radius 1 is 1.19 bits per heavy atom. The molecule has 2 aliphatic carbocycles. The van der Waals surface area contributed by atoms with E-state index in [0.717, 1.165) is 18.7 Å². The van der Waals surface area contributed by atoms with Crippen LogP contribution < -0.4 is 5.32 Å². The minimum Gasteiger partial charge on any atom is -0.347 e. The van der Waals surface area contributed by atoms with Crippen molar-refractivity contribution in [3.63, 3.8) is 0 Å². The molecule has 0 saturated heterocycles. The van der Waals surface area contributed by atoms with Crippen molar-refractivity contribution < 1.29 is 13.6 Å². The lowest BCUT2D eigenvalue weighted by atomic mass is 9.92. The van der Waals surface area contributed by atoms with Crippen LogP contribution in [-0.4, -0.2) is 32.6 Å². The molecule has 1 heterocycles. The smallest absolute Gasteiger partial charge is 0.291 e. The molecule has 0 bridgehead atoms. The number of para-hydroxylation sites is 1. The van der Waals surface area contributed by atoms with E-state index in [4.69, 9.17) is 11.6 Å². The second kappa shape index (κ2) is 6.61. The van der Waals surface area contributed by atoms with Crippen LogP contribution in [0.2, 0.25) is 5.02 Å². The van der Waals surface area contributed by atoms with Crippen molar-refractivity contribution >= 4 is 17.5 Å². The largest absolute Gasteiger partial charge is 0.347 e. The Morgan fingerprint density at radius 2 is 1.88 bits per heavy atom. The first kappa shape index (κ1) is 17.4. The van der Waals surface area contributed by atoms with Gasteiger partial charge in [-0.2, -0.15) is 0 Å². The number of nitrogens with zero attached hydrogens (tertiary/aromatic N) is 3. The summed E-state index contributed by atoms with van der Waals surface area (Å²) < 4.78 is 28.2. The van der Waals surface area contributed by atoms with Crippen LogP contribution in [0.3, 0.4) is 0 Å². The monoisotopic (exact) mass is 380 g/mol. The van der Waals surface area contributed by atoms with Crippen LogP contribution in [0.25, 0.3) is 5.69 Å². The molecule has 0 atom stereocenters. The number of alkyl halides is 2. The van der Waals surface area contributed by atoms with Crippen LogP contribution in [0.5, 0.6) is 0 Å². The van der Waals surface area contributed by atoms with Crippen LogP contribution in [-0.2, 0) is 0 Å². The first-order valence-electron chi connectivity index (χ1n) is 8.83. The average molecular weight is 381 g/mol. The highest BCUT2D eigenvalue weighted by molar-refractivity contribution is 6.32. The van der Waals surface area contributed by atoms with Gasteiger partial charge >= 0.3 is 0 Å². The van der Waals surface area contributed by atoms with E-state index >= 15 is 0 Å². The number of halogens is 3. The molecule has 1 N–H and O–H groups in total. The molecule has 1 aromatic carbocycles. The predicted octanol–water partition coefficient (Wildman–Crippen LogP) is 4.11. The maximum Gasteiger partial charge on any atom is 0.291 e. The molecule has 8 heteroatoms. The van der Waals surface area contributed by atoms with E-state index in [1.54, 1.807) is 10.7 Å². The molecule has 2 aliphatic rings. The third-order valence-electron chi connectivity index (χ3n) is 4.91. The van der Waals surface area contributed by atoms with E-state index in [1.807, 2.05) is 18.2 Å². The molecule has 0 radical (unpaired) electrons. The molecule has 2 saturated carbocycles. The third kappa shape index (κ3) is 3.58. The van der Waals surface area contributed by atoms with Gasteiger partial charge in [0.15, 0.2) is 0 Å². The van der Waals surface area contributed by atoms with E-state index in [0.29, 0.717) is 10.7 Å². The van der Waals surface area contributed by atoms with Crippen LogP contribution in [0, 0.1) is 0 Å². The Kier molecular flexibility index (Phi) is 4.42. The molecular formula is C18H19ClF2N4O. The van der Waals surface area contributed by atoms with Gasteiger partial charge in [-0.05, 0) is 37.8 Å². The molecule has 2 aromatic rings. The Morgan fingerprint density at radius 3 is 2.54 bits per heavy atom. The van der Waals surface area contributed by atoms with Gasteiger partial charge in [0, 0.05) is 24.8 Å². The van der Waals surface area contributed by atoms with Crippen molar-refractivity contribution in [2.45, 2.75) is 56.4 Å². The summed E-state index contributed by atoms with van der Waals surface area (Å²) in [4.78, 5) is 16.9. The summed E-state index contributed by atoms with van der Waals surface area (Å²) >= 11 is 6.27. The van der Waals surface area contributed by atoms with Gasteiger partial charge < -0.3 is 5.32 Å². The van der Waals surface area contributed by atoms with Gasteiger partial charge in [0.05, 0.1) is 10.7 Å². The average Bonchev–Trinajstić information content (AvgIpc) is 3.36. The van der Waals surface area contributed by atoms with Gasteiger partial charge in [-0.25, -0.2) is 18.4 Å². The molecular weight excluding hydrogens is 362 g/mol. The van der Waals surface area contributed by atoms with E-state index in [1.165, 1.54) is 0 Å². The molecule has 5 nitrogen and oxygen atoms in total. The van der Waals surface area contributed by atoms with Gasteiger partial charge in [-0.3, -0.25) is 4.79 Å². The van der Waals surface area contributed by atoms with Gasteiger partial charge in [-0.15, -0.1) is 5.10 Å². The predicted molar refractivity (Wildman–Crippen MR) is 93.0 cm³/mol. The normalized spacial score (nSPS) is 20.1. The molecule has 1 amide bonds. The summed E-state index contributed by atoms with van der Waals surface area (Å²) in [6.07, 6.45) is 2.13. The third-order valence-corrected chi connectivity index (χ3v) is 5.23. The van der Waals surface area contributed by atoms with Gasteiger partial charge in [0.2, 0.25) is 11.7 Å². The number of hydrogen-bond acceptors (Lipinski definition) is 3. The number of aromatic nitrogens is 3. The molecule has 1 aromatic heterocycles. The second-order valence-electron chi connectivity index (χ2n) is 7.03. The zero-order valence-electron chi connectivity index (χ0n) is 14.1. The van der Waals surface area contributed by atoms with Crippen molar-refractivity contribution in [3.8, 4) is 5.69 Å². The van der Waals surface area contributed by atoms with Gasteiger partial charge in [0.1, 0.15) is 5.82 Å². The number of amides is 1. The van der Waals surface area contributed by atoms with Crippen molar-refractivity contribution in [3.05, 3.63) is 40.9 Å². The van der Waals surface area contributed by atoms with E-state index in [2.05, 4.69) is 15.4 Å². The Balaban J connectivity index is 1.55. The van der Waals surface area contributed by atoms with Gasteiger partial charge in [-0.1, -0.05) is 23.7 Å². The van der Waals surface area contributed by atoms with E-state index in [9.17, 15) is 13.6 Å². The summed E-state index contributed by atoms with van der Waals surface area (Å²) in [6.45, 7) is 0. The number of carbonyl (C=O) groups is 1. The molecule has 0 unspecified atom stereocenters. The highest BCUT2D eigenvalue weighted by Gasteiger charge is 2.36. The van der Waals surface area contributed by atoms with Crippen LogP contribution >= 0.6 is 11.6 Å². The van der Waals surface area contributed by atoms with Crippen molar-refractivity contribution in [1.29, 1.82) is 0 Å². The molecule has 2 fully saturated rings. The van der Waals surface area contributed by atoms with E-state index < -0.39 is 11.8 Å². The molecule has 138 valence electrons. The summed E-state index contributed by atoms with van der Waals surface area (Å²) in [6, 6.07) is 7.00. The first-order chi connectivity index (χ1) is 12.4. The molecule has 26 heavy (non-hydrogen) atoms. The van der Waals surface area contributed by atoms with E-state index in [-0.39, 0.29) is 43.5 Å². The summed E-state index contributed by atoms with van der Waals surface area (Å²) in [5.74, 6) is -1.99. The summed E-state index contributed by atoms with van der Waals surface area (Å²) in [5.41, 5.74) is 0.680. The summed E-state index contributed by atoms with van der Waals surface area (Å²) in [7, 11) is 0. The zero-order chi connectivity index (χ0) is 18.3. The quantitative estimate of drug-likeness (QED) is 0.868. The number of rotatable bonds is 4. The molecule has 0 spiro atoms. The number of hydrogen-bond donors (Lipinski definition) is 1. The minimum absolute atomic E-state index is 0.0594. The SMILES string of the molecule is O=C(NC1CCC(F)(F)CC1)c1nc(C2CC2)n(-c2ccccc2Cl)n1. The fourth-order valence-corrected chi connectivity index (χ4v) is 3.48. The van der Waals surface area contributed by atoms with Gasteiger partial charge in [0.25, 0.3) is 5.91 Å². The molecule has 0 aliphatic heterocycles. The lowest BCUT2D eigenvalue weighted by Crippen LogP contribution is -2.40. The fourth-order valence-electron chi connectivity index (χ4n) is 3.26. The topological polar surface area (TPSA) is 59.8 Å². The standard InChI is InChI=1S/C18H19ClF2N4O/c19-13-3-1-2-4-14(13)25-16(11-5-6-11)23-15(24-25)17(26)22-12-7-9-18(20,21)10-8-12/h1-4,11-12H,5-10H2,(H,22,26). The molecule has 4 rings (SSSR count). The lowest BCUT2D eigenvalue weighted by molar-refractivity contribution is -0.0399.